The molecule has 1 amide bonds. The lowest BCUT2D eigenvalue weighted by atomic mass is 9.98. The van der Waals surface area contributed by atoms with Gasteiger partial charge in [0.1, 0.15) is 0 Å². The van der Waals surface area contributed by atoms with Crippen molar-refractivity contribution in [2.24, 2.45) is 0 Å². The number of thiophene rings is 1. The third-order valence-corrected chi connectivity index (χ3v) is 5.06. The minimum atomic E-state index is 0.264. The first-order valence-corrected chi connectivity index (χ1v) is 7.69. The minimum absolute atomic E-state index is 0.264. The summed E-state index contributed by atoms with van der Waals surface area (Å²) in [6, 6.07) is 3.77. The van der Waals surface area contributed by atoms with E-state index in [0.29, 0.717) is 24.5 Å². The zero-order valence-corrected chi connectivity index (χ0v) is 11.6. The normalized spacial score (nSPS) is 30.4. The molecule has 2 atom stereocenters. The molecule has 1 aromatic rings. The molecule has 18 heavy (non-hydrogen) atoms. The van der Waals surface area contributed by atoms with Gasteiger partial charge in [0, 0.05) is 25.2 Å². The molecule has 2 aliphatic rings. The first kappa shape index (κ1) is 12.2. The zero-order valence-electron chi connectivity index (χ0n) is 10.8. The van der Waals surface area contributed by atoms with E-state index in [1.807, 2.05) is 23.4 Å². The summed E-state index contributed by atoms with van der Waals surface area (Å²) in [5.74, 6) is 0.264. The van der Waals surface area contributed by atoms with Gasteiger partial charge in [0.2, 0.25) is 5.91 Å². The lowest BCUT2D eigenvalue weighted by molar-refractivity contribution is -0.131. The van der Waals surface area contributed by atoms with Crippen LogP contribution in [0, 0.1) is 0 Å². The molecule has 2 bridgehead atoms. The Morgan fingerprint density at radius 3 is 2.78 bits per heavy atom. The van der Waals surface area contributed by atoms with Crippen molar-refractivity contribution in [2.75, 3.05) is 7.05 Å². The Bertz CT molecular complexity index is 405. The number of carbonyl (C=O) groups is 1. The highest BCUT2D eigenvalue weighted by Crippen LogP contribution is 2.29. The maximum absolute atomic E-state index is 12.3. The molecule has 3 rings (SSSR count). The van der Waals surface area contributed by atoms with Gasteiger partial charge < -0.3 is 10.2 Å². The molecule has 3 heterocycles. The van der Waals surface area contributed by atoms with Crippen molar-refractivity contribution in [3.05, 3.63) is 22.4 Å². The Labute approximate surface area is 112 Å². The SMILES string of the molecule is CN(C(=O)Cc1ccsc1)C1CC2CCC(C1)N2. The molecule has 3 nitrogen and oxygen atoms in total. The summed E-state index contributed by atoms with van der Waals surface area (Å²) in [6.07, 6.45) is 5.38. The Hall–Kier alpha value is -0.870. The molecule has 1 N–H and O–H groups in total. The van der Waals surface area contributed by atoms with Crippen molar-refractivity contribution in [2.45, 2.75) is 50.2 Å². The van der Waals surface area contributed by atoms with Gasteiger partial charge >= 0.3 is 0 Å². The number of nitrogens with one attached hydrogen (secondary N) is 1. The first-order valence-electron chi connectivity index (χ1n) is 6.75. The van der Waals surface area contributed by atoms with Gasteiger partial charge in [-0.3, -0.25) is 4.79 Å². The number of fused-ring (bicyclic) bond motifs is 2. The van der Waals surface area contributed by atoms with Gasteiger partial charge in [-0.25, -0.2) is 0 Å². The fourth-order valence-electron chi connectivity index (χ4n) is 3.24. The fraction of sp³-hybridized carbons (Fsp3) is 0.643. The van der Waals surface area contributed by atoms with Crippen LogP contribution in [0.2, 0.25) is 0 Å². The molecule has 2 saturated heterocycles. The summed E-state index contributed by atoms with van der Waals surface area (Å²) >= 11 is 1.66. The molecule has 0 aliphatic carbocycles. The predicted molar refractivity (Wildman–Crippen MR) is 73.8 cm³/mol. The van der Waals surface area contributed by atoms with Crippen molar-refractivity contribution in [1.82, 2.24) is 10.2 Å². The average Bonchev–Trinajstić information content (AvgIpc) is 2.98. The Kier molecular flexibility index (Phi) is 3.39. The molecule has 98 valence electrons. The second-order valence-electron chi connectivity index (χ2n) is 5.58. The van der Waals surface area contributed by atoms with Crippen molar-refractivity contribution in [3.63, 3.8) is 0 Å². The highest BCUT2D eigenvalue weighted by Gasteiger charge is 2.36. The third-order valence-electron chi connectivity index (χ3n) is 4.32. The zero-order chi connectivity index (χ0) is 12.5. The maximum atomic E-state index is 12.3. The number of likely N-dealkylation sites (N-methyl/N-ethyl adjacent to an activating group) is 1. The Morgan fingerprint density at radius 1 is 1.44 bits per heavy atom. The summed E-state index contributed by atoms with van der Waals surface area (Å²) in [4.78, 5) is 14.2. The van der Waals surface area contributed by atoms with Crippen molar-refractivity contribution in [1.29, 1.82) is 0 Å². The van der Waals surface area contributed by atoms with Crippen LogP contribution in [-0.4, -0.2) is 36.0 Å². The molecule has 2 aliphatic heterocycles. The molecular formula is C14H20N2OS. The van der Waals surface area contributed by atoms with Crippen LogP contribution in [0.1, 0.15) is 31.2 Å². The Morgan fingerprint density at radius 2 is 2.17 bits per heavy atom. The monoisotopic (exact) mass is 264 g/mol. The summed E-state index contributed by atoms with van der Waals surface area (Å²) in [7, 11) is 1.98. The van der Waals surface area contributed by atoms with E-state index in [1.54, 1.807) is 11.3 Å². The Balaban J connectivity index is 1.60. The van der Waals surface area contributed by atoms with Gasteiger partial charge in [-0.15, -0.1) is 0 Å². The van der Waals surface area contributed by atoms with Crippen LogP contribution >= 0.6 is 11.3 Å². The molecule has 0 saturated carbocycles. The highest BCUT2D eigenvalue weighted by molar-refractivity contribution is 7.07. The second-order valence-corrected chi connectivity index (χ2v) is 6.36. The molecular weight excluding hydrogens is 244 g/mol. The topological polar surface area (TPSA) is 32.3 Å². The first-order chi connectivity index (χ1) is 8.72. The van der Waals surface area contributed by atoms with E-state index in [9.17, 15) is 4.79 Å². The van der Waals surface area contributed by atoms with Crippen molar-refractivity contribution in [3.8, 4) is 0 Å². The van der Waals surface area contributed by atoms with Crippen LogP contribution in [0.15, 0.2) is 16.8 Å². The lowest BCUT2D eigenvalue weighted by Crippen LogP contribution is -2.49. The molecule has 0 spiro atoms. The summed E-state index contributed by atoms with van der Waals surface area (Å²) < 4.78 is 0. The van der Waals surface area contributed by atoms with Gasteiger partial charge in [0.25, 0.3) is 0 Å². The number of nitrogens with zero attached hydrogens (tertiary/aromatic N) is 1. The number of amides is 1. The number of piperidine rings is 1. The van der Waals surface area contributed by atoms with Crippen LogP contribution in [-0.2, 0) is 11.2 Å². The van der Waals surface area contributed by atoms with Gasteiger partial charge in [-0.2, -0.15) is 11.3 Å². The molecule has 2 unspecified atom stereocenters. The van der Waals surface area contributed by atoms with Crippen LogP contribution in [0.25, 0.3) is 0 Å². The molecule has 0 aromatic carbocycles. The molecule has 0 radical (unpaired) electrons. The standard InChI is InChI=1S/C14H20N2OS/c1-16(14(17)6-10-4-5-18-9-10)13-7-11-2-3-12(8-13)15-11/h4-5,9,11-13,15H,2-3,6-8H2,1H3. The van der Waals surface area contributed by atoms with E-state index in [-0.39, 0.29) is 5.91 Å². The van der Waals surface area contributed by atoms with Gasteiger partial charge in [0.15, 0.2) is 0 Å². The van der Waals surface area contributed by atoms with Crippen LogP contribution in [0.3, 0.4) is 0 Å². The minimum Gasteiger partial charge on any atom is -0.342 e. The fourth-order valence-corrected chi connectivity index (χ4v) is 3.91. The third kappa shape index (κ3) is 2.45. The van der Waals surface area contributed by atoms with Gasteiger partial charge in [-0.1, -0.05) is 0 Å². The maximum Gasteiger partial charge on any atom is 0.227 e. The van der Waals surface area contributed by atoms with E-state index in [1.165, 1.54) is 12.8 Å². The quantitative estimate of drug-likeness (QED) is 0.906. The number of hydrogen-bond acceptors (Lipinski definition) is 3. The smallest absolute Gasteiger partial charge is 0.227 e. The van der Waals surface area contributed by atoms with E-state index >= 15 is 0 Å². The number of carbonyl (C=O) groups excluding carboxylic acids is 1. The summed E-state index contributed by atoms with van der Waals surface area (Å²) in [5.41, 5.74) is 1.15. The predicted octanol–water partition coefficient (Wildman–Crippen LogP) is 2.03. The highest BCUT2D eigenvalue weighted by atomic mass is 32.1. The summed E-state index contributed by atoms with van der Waals surface area (Å²) in [6.45, 7) is 0. The van der Waals surface area contributed by atoms with Crippen molar-refractivity contribution >= 4 is 17.2 Å². The van der Waals surface area contributed by atoms with E-state index < -0.39 is 0 Å². The van der Waals surface area contributed by atoms with Gasteiger partial charge in [0.05, 0.1) is 6.42 Å². The van der Waals surface area contributed by atoms with Gasteiger partial charge in [-0.05, 0) is 48.1 Å². The second kappa shape index (κ2) is 5.02. The average molecular weight is 264 g/mol. The summed E-state index contributed by atoms with van der Waals surface area (Å²) in [5, 5.41) is 7.73. The molecule has 4 heteroatoms. The van der Waals surface area contributed by atoms with Crippen LogP contribution in [0.5, 0.6) is 0 Å². The van der Waals surface area contributed by atoms with E-state index in [4.69, 9.17) is 0 Å². The van der Waals surface area contributed by atoms with Crippen LogP contribution in [0.4, 0.5) is 0 Å². The lowest BCUT2D eigenvalue weighted by Gasteiger charge is -2.35. The van der Waals surface area contributed by atoms with Crippen molar-refractivity contribution < 1.29 is 4.79 Å². The number of rotatable bonds is 3. The largest absolute Gasteiger partial charge is 0.342 e. The van der Waals surface area contributed by atoms with E-state index in [2.05, 4.69) is 10.7 Å². The molecule has 1 aromatic heterocycles. The van der Waals surface area contributed by atoms with E-state index in [0.717, 1.165) is 18.4 Å². The molecule has 2 fully saturated rings. The van der Waals surface area contributed by atoms with Crippen LogP contribution < -0.4 is 5.32 Å². The number of hydrogen-bond donors (Lipinski definition) is 1.